The van der Waals surface area contributed by atoms with Gasteiger partial charge in [0, 0.05) is 13.3 Å². The maximum Gasteiger partial charge on any atom is 0.513 e. The van der Waals surface area contributed by atoms with Gasteiger partial charge in [-0.15, -0.1) is 0 Å². The van der Waals surface area contributed by atoms with Gasteiger partial charge in [-0.05, 0) is 34.1 Å². The first kappa shape index (κ1) is 17.7. The van der Waals surface area contributed by atoms with E-state index in [9.17, 15) is 4.79 Å². The van der Waals surface area contributed by atoms with E-state index in [0.717, 1.165) is 12.8 Å². The van der Waals surface area contributed by atoms with Gasteiger partial charge in [-0.1, -0.05) is 6.92 Å². The van der Waals surface area contributed by atoms with E-state index < -0.39 is 11.9 Å². The summed E-state index contributed by atoms with van der Waals surface area (Å²) in [4.78, 5) is 16.1. The first-order chi connectivity index (χ1) is 9.72. The summed E-state index contributed by atoms with van der Waals surface area (Å²) in [6, 6.07) is 0. The third kappa shape index (κ3) is 3.46. The van der Waals surface area contributed by atoms with E-state index in [4.69, 9.17) is 9.47 Å². The average molecular weight is 297 g/mol. The van der Waals surface area contributed by atoms with Crippen molar-refractivity contribution in [1.29, 1.82) is 0 Å². The fourth-order valence-electron chi connectivity index (χ4n) is 3.13. The zero-order chi connectivity index (χ0) is 16.1. The average Bonchev–Trinajstić information content (AvgIpc) is 2.38. The van der Waals surface area contributed by atoms with Crippen LogP contribution in [0.4, 0.5) is 4.79 Å². The Labute approximate surface area is 128 Å². The molecule has 1 rings (SSSR count). The van der Waals surface area contributed by atoms with Gasteiger partial charge in [-0.3, -0.25) is 4.99 Å². The van der Waals surface area contributed by atoms with Crippen LogP contribution in [-0.2, 0) is 9.47 Å². The summed E-state index contributed by atoms with van der Waals surface area (Å²) in [5, 5.41) is 0. The molecule has 0 aromatic carbocycles. The summed E-state index contributed by atoms with van der Waals surface area (Å²) in [6.07, 6.45) is 6.77. The minimum atomic E-state index is -0.692. The van der Waals surface area contributed by atoms with Crippen LogP contribution in [0.15, 0.2) is 17.4 Å². The lowest BCUT2D eigenvalue weighted by atomic mass is 9.92. The maximum absolute atomic E-state index is 11.9. The van der Waals surface area contributed by atoms with Gasteiger partial charge in [0.15, 0.2) is 0 Å². The predicted octanol–water partition coefficient (Wildman–Crippen LogP) is 3.85. The molecule has 5 nitrogen and oxygen atoms in total. The number of hydrogen-bond acceptors (Lipinski definition) is 4. The monoisotopic (exact) mass is 297 g/mol. The van der Waals surface area contributed by atoms with Crippen LogP contribution in [0.2, 0.25) is 0 Å². The van der Waals surface area contributed by atoms with Crippen molar-refractivity contribution >= 4 is 12.4 Å². The fraction of sp³-hybridized carbons (Fsp3) is 0.750. The Bertz CT molecular complexity index is 426. The summed E-state index contributed by atoms with van der Waals surface area (Å²) >= 11 is 0. The van der Waals surface area contributed by atoms with Gasteiger partial charge in [-0.25, -0.2) is 9.28 Å². The summed E-state index contributed by atoms with van der Waals surface area (Å²) in [5.41, 5.74) is -0.832. The van der Waals surface area contributed by atoms with Crippen LogP contribution in [0, 0.1) is 0 Å². The van der Waals surface area contributed by atoms with Gasteiger partial charge in [0.2, 0.25) is 0 Å². The minimum Gasteiger partial charge on any atom is -0.434 e. The van der Waals surface area contributed by atoms with Crippen LogP contribution < -0.4 is 0 Å². The van der Waals surface area contributed by atoms with Crippen LogP contribution in [-0.4, -0.2) is 41.3 Å². The molecule has 120 valence electrons. The molecule has 0 N–H and O–H groups in total. The maximum atomic E-state index is 11.9. The van der Waals surface area contributed by atoms with Crippen molar-refractivity contribution in [2.75, 3.05) is 13.2 Å². The van der Waals surface area contributed by atoms with E-state index in [2.05, 4.69) is 32.7 Å². The second-order valence-electron chi connectivity index (χ2n) is 6.56. The lowest BCUT2D eigenvalue weighted by Crippen LogP contribution is -2.70. The van der Waals surface area contributed by atoms with Gasteiger partial charge < -0.3 is 9.47 Å². The van der Waals surface area contributed by atoms with Crippen LogP contribution in [0.1, 0.15) is 54.4 Å². The number of rotatable bonds is 5. The van der Waals surface area contributed by atoms with E-state index in [1.807, 2.05) is 19.3 Å². The number of aliphatic imine (C=N–C) groups is 1. The number of carbonyl (C=O) groups is 1. The first-order valence-corrected chi connectivity index (χ1v) is 7.65. The Morgan fingerprint density at radius 2 is 1.95 bits per heavy atom. The molecule has 1 aliphatic heterocycles. The first-order valence-electron chi connectivity index (χ1n) is 7.65. The molecule has 0 aromatic rings. The molecular formula is C16H29N2O3+. The molecular weight excluding hydrogens is 268 g/mol. The molecule has 5 heteroatoms. The molecule has 1 heterocycles. The normalized spacial score (nSPS) is 24.5. The van der Waals surface area contributed by atoms with E-state index in [1.165, 1.54) is 0 Å². The quantitative estimate of drug-likeness (QED) is 0.572. The van der Waals surface area contributed by atoms with Crippen molar-refractivity contribution in [2.45, 2.75) is 65.6 Å². The zero-order valence-electron chi connectivity index (χ0n) is 14.2. The molecule has 21 heavy (non-hydrogen) atoms. The molecule has 0 fully saturated rings. The molecule has 0 saturated carbocycles. The summed E-state index contributed by atoms with van der Waals surface area (Å²) in [7, 11) is 0. The molecule has 0 aliphatic carbocycles. The Hall–Kier alpha value is -1.36. The van der Waals surface area contributed by atoms with Crippen molar-refractivity contribution in [3.63, 3.8) is 0 Å². The Balaban J connectivity index is 3.23. The lowest BCUT2D eigenvalue weighted by Gasteiger charge is -2.54. The number of nitrogens with zero attached hydrogens (tertiary/aromatic N) is 2. The van der Waals surface area contributed by atoms with Crippen LogP contribution in [0.25, 0.3) is 0 Å². The van der Waals surface area contributed by atoms with Crippen molar-refractivity contribution in [3.05, 3.63) is 12.4 Å². The Morgan fingerprint density at radius 1 is 1.29 bits per heavy atom. The summed E-state index contributed by atoms with van der Waals surface area (Å²) in [5.74, 6) is 0. The number of quaternary nitrogens is 1. The Morgan fingerprint density at radius 3 is 2.38 bits per heavy atom. The van der Waals surface area contributed by atoms with Gasteiger partial charge in [0.25, 0.3) is 5.72 Å². The van der Waals surface area contributed by atoms with Crippen LogP contribution in [0.5, 0.6) is 0 Å². The molecule has 0 spiro atoms. The molecule has 1 aliphatic rings. The molecule has 2 atom stereocenters. The highest BCUT2D eigenvalue weighted by molar-refractivity contribution is 5.61. The van der Waals surface area contributed by atoms with E-state index in [1.54, 1.807) is 13.1 Å². The predicted molar refractivity (Wildman–Crippen MR) is 83.9 cm³/mol. The standard InChI is InChI=1S/C16H29N2O3/c1-7-9-16(6,21-14(19)20-8-2)18(15(3,4)5)12-10-17-11-13-18/h10-12H,7-9,13H2,1-6H3/q+1. The van der Waals surface area contributed by atoms with Gasteiger partial charge >= 0.3 is 6.16 Å². The zero-order valence-corrected chi connectivity index (χ0v) is 14.2. The smallest absolute Gasteiger partial charge is 0.434 e. The number of ether oxygens (including phenoxy) is 2. The van der Waals surface area contributed by atoms with E-state index >= 15 is 0 Å². The summed E-state index contributed by atoms with van der Waals surface area (Å²) in [6.45, 7) is 13.3. The molecule has 2 unspecified atom stereocenters. The molecule has 0 radical (unpaired) electrons. The second-order valence-corrected chi connectivity index (χ2v) is 6.56. The van der Waals surface area contributed by atoms with Crippen molar-refractivity contribution in [3.8, 4) is 0 Å². The number of hydrogen-bond donors (Lipinski definition) is 0. The SMILES string of the molecule is CCCC(C)(OC(=O)OCC)[N+]1(C(C)(C)C)C=CN=CC1. The minimum absolute atomic E-state index is 0.140. The topological polar surface area (TPSA) is 47.9 Å². The summed E-state index contributed by atoms with van der Waals surface area (Å²) < 4.78 is 11.3. The highest BCUT2D eigenvalue weighted by atomic mass is 16.7. The lowest BCUT2D eigenvalue weighted by molar-refractivity contribution is -0.985. The highest BCUT2D eigenvalue weighted by Crippen LogP contribution is 2.41. The van der Waals surface area contributed by atoms with Crippen molar-refractivity contribution < 1.29 is 18.8 Å². The molecule has 0 bridgehead atoms. The second kappa shape index (κ2) is 6.60. The van der Waals surface area contributed by atoms with Gasteiger partial charge in [0.05, 0.1) is 24.6 Å². The van der Waals surface area contributed by atoms with Crippen LogP contribution in [0.3, 0.4) is 0 Å². The molecule has 0 amide bonds. The third-order valence-corrected chi connectivity index (χ3v) is 4.20. The van der Waals surface area contributed by atoms with Crippen LogP contribution >= 0.6 is 0 Å². The van der Waals surface area contributed by atoms with Gasteiger partial charge in [-0.2, -0.15) is 0 Å². The number of carbonyl (C=O) groups excluding carboxylic acids is 1. The largest absolute Gasteiger partial charge is 0.513 e. The van der Waals surface area contributed by atoms with Crippen molar-refractivity contribution in [1.82, 2.24) is 0 Å². The molecule has 0 saturated heterocycles. The fourth-order valence-corrected chi connectivity index (χ4v) is 3.13. The Kier molecular flexibility index (Phi) is 5.56. The van der Waals surface area contributed by atoms with Crippen molar-refractivity contribution in [2.24, 2.45) is 4.99 Å². The van der Waals surface area contributed by atoms with Gasteiger partial charge in [0.1, 0.15) is 12.7 Å². The molecule has 0 aromatic heterocycles. The highest BCUT2D eigenvalue weighted by Gasteiger charge is 2.56. The third-order valence-electron chi connectivity index (χ3n) is 4.20. The van der Waals surface area contributed by atoms with E-state index in [0.29, 0.717) is 17.6 Å². The van der Waals surface area contributed by atoms with E-state index in [-0.39, 0.29) is 5.54 Å².